The Hall–Kier alpha value is -0.980. The van der Waals surface area contributed by atoms with Crippen molar-refractivity contribution < 1.29 is 17.5 Å². The number of sulfonamides is 1. The van der Waals surface area contributed by atoms with Crippen molar-refractivity contribution in [1.82, 2.24) is 4.31 Å². The molecule has 0 unspecified atom stereocenters. The van der Waals surface area contributed by atoms with Crippen LogP contribution >= 0.6 is 0 Å². The van der Waals surface area contributed by atoms with Gasteiger partial charge in [-0.3, -0.25) is 0 Å². The minimum Gasteiger partial charge on any atom is -0.375 e. The van der Waals surface area contributed by atoms with Gasteiger partial charge in [-0.2, -0.15) is 4.31 Å². The van der Waals surface area contributed by atoms with Crippen LogP contribution in [0.25, 0.3) is 0 Å². The van der Waals surface area contributed by atoms with Gasteiger partial charge >= 0.3 is 0 Å². The molecule has 0 aromatic heterocycles. The predicted octanol–water partition coefficient (Wildman–Crippen LogP) is 2.16. The highest BCUT2D eigenvalue weighted by atomic mass is 32.2. The maximum atomic E-state index is 13.0. The Labute approximate surface area is 118 Å². The van der Waals surface area contributed by atoms with Gasteiger partial charge in [0.2, 0.25) is 10.0 Å². The summed E-state index contributed by atoms with van der Waals surface area (Å²) < 4.78 is 45.6. The van der Waals surface area contributed by atoms with E-state index in [4.69, 9.17) is 4.74 Å². The predicted molar refractivity (Wildman–Crippen MR) is 72.3 cm³/mol. The van der Waals surface area contributed by atoms with Gasteiger partial charge in [0.15, 0.2) is 0 Å². The van der Waals surface area contributed by atoms with Gasteiger partial charge in [0.1, 0.15) is 5.82 Å². The third-order valence-electron chi connectivity index (χ3n) is 4.10. The van der Waals surface area contributed by atoms with Crippen molar-refractivity contribution in [3.8, 4) is 0 Å². The van der Waals surface area contributed by atoms with Crippen LogP contribution in [-0.4, -0.2) is 38.0 Å². The molecule has 2 atom stereocenters. The number of fused-ring (bicyclic) bond motifs is 1. The molecular weight excluding hydrogens is 281 g/mol. The Morgan fingerprint density at radius 1 is 1.15 bits per heavy atom. The Morgan fingerprint density at radius 3 is 2.60 bits per heavy atom. The molecule has 1 aromatic carbocycles. The Kier molecular flexibility index (Phi) is 3.79. The molecule has 4 nitrogen and oxygen atoms in total. The number of halogens is 1. The zero-order valence-corrected chi connectivity index (χ0v) is 12.0. The molecule has 2 fully saturated rings. The van der Waals surface area contributed by atoms with Crippen LogP contribution in [0.4, 0.5) is 4.39 Å². The highest BCUT2D eigenvalue weighted by molar-refractivity contribution is 7.89. The molecule has 1 saturated carbocycles. The summed E-state index contributed by atoms with van der Waals surface area (Å²) in [5.74, 6) is -0.429. The van der Waals surface area contributed by atoms with E-state index in [1.807, 2.05) is 0 Å². The SMILES string of the molecule is O=S(=O)(c1ccc(F)cc1)N1CCO[C@@H]2CCCC[C@H]21. The lowest BCUT2D eigenvalue weighted by atomic mass is 9.91. The summed E-state index contributed by atoms with van der Waals surface area (Å²) in [6.07, 6.45) is 3.88. The third-order valence-corrected chi connectivity index (χ3v) is 6.04. The highest BCUT2D eigenvalue weighted by Crippen LogP contribution is 2.32. The van der Waals surface area contributed by atoms with E-state index in [0.29, 0.717) is 13.2 Å². The fourth-order valence-corrected chi connectivity index (χ4v) is 4.76. The summed E-state index contributed by atoms with van der Waals surface area (Å²) in [4.78, 5) is 0.158. The van der Waals surface area contributed by atoms with Crippen LogP contribution in [0.15, 0.2) is 29.2 Å². The van der Waals surface area contributed by atoms with Crippen LogP contribution in [0, 0.1) is 5.82 Å². The lowest BCUT2D eigenvalue weighted by molar-refractivity contribution is -0.0586. The number of hydrogen-bond donors (Lipinski definition) is 0. The van der Waals surface area contributed by atoms with E-state index >= 15 is 0 Å². The van der Waals surface area contributed by atoms with Crippen molar-refractivity contribution in [3.63, 3.8) is 0 Å². The van der Waals surface area contributed by atoms with Crippen molar-refractivity contribution >= 4 is 10.0 Å². The van der Waals surface area contributed by atoms with Gasteiger partial charge in [0.05, 0.1) is 23.6 Å². The fraction of sp³-hybridized carbons (Fsp3) is 0.571. The molecule has 2 aliphatic rings. The molecule has 1 aromatic rings. The van der Waals surface area contributed by atoms with Gasteiger partial charge in [0.25, 0.3) is 0 Å². The second-order valence-corrected chi connectivity index (χ2v) is 7.22. The molecule has 0 amide bonds. The highest BCUT2D eigenvalue weighted by Gasteiger charge is 2.40. The van der Waals surface area contributed by atoms with Crippen molar-refractivity contribution in [2.75, 3.05) is 13.2 Å². The van der Waals surface area contributed by atoms with E-state index in [1.54, 1.807) is 4.31 Å². The van der Waals surface area contributed by atoms with Crippen molar-refractivity contribution in [3.05, 3.63) is 30.1 Å². The first-order valence-corrected chi connectivity index (χ1v) is 8.42. The molecule has 6 heteroatoms. The van der Waals surface area contributed by atoms with Crippen LogP contribution in [0.1, 0.15) is 25.7 Å². The summed E-state index contributed by atoms with van der Waals surface area (Å²) in [5, 5.41) is 0. The van der Waals surface area contributed by atoms with Crippen LogP contribution in [0.3, 0.4) is 0 Å². The van der Waals surface area contributed by atoms with E-state index in [0.717, 1.165) is 25.7 Å². The molecule has 1 aliphatic carbocycles. The fourth-order valence-electron chi connectivity index (χ4n) is 3.10. The van der Waals surface area contributed by atoms with Crippen LogP contribution < -0.4 is 0 Å². The van der Waals surface area contributed by atoms with Crippen LogP contribution in [-0.2, 0) is 14.8 Å². The van der Waals surface area contributed by atoms with E-state index < -0.39 is 15.8 Å². The van der Waals surface area contributed by atoms with E-state index in [1.165, 1.54) is 24.3 Å². The first-order chi connectivity index (χ1) is 9.59. The first-order valence-electron chi connectivity index (χ1n) is 6.98. The van der Waals surface area contributed by atoms with Gasteiger partial charge < -0.3 is 4.74 Å². The van der Waals surface area contributed by atoms with Gasteiger partial charge in [-0.1, -0.05) is 12.8 Å². The second kappa shape index (κ2) is 5.42. The summed E-state index contributed by atoms with van der Waals surface area (Å²) in [6.45, 7) is 0.808. The number of morpholine rings is 1. The van der Waals surface area contributed by atoms with Gasteiger partial charge in [-0.15, -0.1) is 0 Å². The minimum absolute atomic E-state index is 0.00715. The summed E-state index contributed by atoms with van der Waals surface area (Å²) in [5.41, 5.74) is 0. The van der Waals surface area contributed by atoms with E-state index in [-0.39, 0.29) is 17.0 Å². The quantitative estimate of drug-likeness (QED) is 0.840. The van der Waals surface area contributed by atoms with Gasteiger partial charge in [-0.05, 0) is 37.1 Å². The first kappa shape index (κ1) is 14.0. The zero-order valence-electron chi connectivity index (χ0n) is 11.2. The molecular formula is C14H18FNO3S. The van der Waals surface area contributed by atoms with Gasteiger partial charge in [-0.25, -0.2) is 12.8 Å². The molecule has 20 heavy (non-hydrogen) atoms. The maximum absolute atomic E-state index is 13.0. The average molecular weight is 299 g/mol. The number of benzene rings is 1. The smallest absolute Gasteiger partial charge is 0.243 e. The molecule has 0 bridgehead atoms. The lowest BCUT2D eigenvalue weighted by Gasteiger charge is -2.42. The maximum Gasteiger partial charge on any atom is 0.243 e. The summed E-state index contributed by atoms with van der Waals surface area (Å²) >= 11 is 0. The average Bonchev–Trinajstić information content (AvgIpc) is 2.47. The van der Waals surface area contributed by atoms with Crippen LogP contribution in [0.2, 0.25) is 0 Å². The molecule has 110 valence electrons. The number of ether oxygens (including phenoxy) is 1. The molecule has 0 spiro atoms. The standard InChI is InChI=1S/C14H18FNO3S/c15-11-5-7-12(8-6-11)20(17,18)16-9-10-19-14-4-2-1-3-13(14)16/h5-8,13-14H,1-4,9-10H2/t13-,14-/m1/s1. The minimum atomic E-state index is -3.56. The number of rotatable bonds is 2. The lowest BCUT2D eigenvalue weighted by Crippen LogP contribution is -2.54. The number of nitrogens with zero attached hydrogens (tertiary/aromatic N) is 1. The molecule has 0 radical (unpaired) electrons. The summed E-state index contributed by atoms with van der Waals surface area (Å²) in [6, 6.07) is 4.96. The van der Waals surface area contributed by atoms with Crippen LogP contribution in [0.5, 0.6) is 0 Å². The normalized spacial score (nSPS) is 28.1. The molecule has 1 aliphatic heterocycles. The Balaban J connectivity index is 1.91. The Bertz CT molecular complexity index is 571. The van der Waals surface area contributed by atoms with Crippen molar-refractivity contribution in [1.29, 1.82) is 0 Å². The molecule has 1 heterocycles. The van der Waals surface area contributed by atoms with Crippen molar-refractivity contribution in [2.24, 2.45) is 0 Å². The van der Waals surface area contributed by atoms with Gasteiger partial charge in [0, 0.05) is 6.54 Å². The second-order valence-electron chi connectivity index (χ2n) is 5.33. The molecule has 0 N–H and O–H groups in total. The van der Waals surface area contributed by atoms with Crippen molar-refractivity contribution in [2.45, 2.75) is 42.7 Å². The largest absolute Gasteiger partial charge is 0.375 e. The number of hydrogen-bond acceptors (Lipinski definition) is 3. The monoisotopic (exact) mass is 299 g/mol. The molecule has 3 rings (SSSR count). The Morgan fingerprint density at radius 2 is 1.85 bits per heavy atom. The zero-order chi connectivity index (χ0) is 14.2. The van der Waals surface area contributed by atoms with E-state index in [2.05, 4.69) is 0 Å². The molecule has 1 saturated heterocycles. The topological polar surface area (TPSA) is 46.6 Å². The summed E-state index contributed by atoms with van der Waals surface area (Å²) in [7, 11) is -3.56. The van der Waals surface area contributed by atoms with E-state index in [9.17, 15) is 12.8 Å². The third kappa shape index (κ3) is 2.47.